The lowest BCUT2D eigenvalue weighted by molar-refractivity contribution is -0.633. The molecule has 0 saturated heterocycles. The van der Waals surface area contributed by atoms with Crippen molar-refractivity contribution in [3.8, 4) is 22.4 Å². The number of halogens is 1. The third-order valence-electron chi connectivity index (χ3n) is 4.75. The SMILES string of the molecule is Cc1ccc(F)cc1-c1ccc2cc(-c3ccccc3)ccc2[n+]1C. The Morgan fingerprint density at radius 1 is 0.760 bits per heavy atom. The molecule has 25 heavy (non-hydrogen) atoms. The topological polar surface area (TPSA) is 3.88 Å². The van der Waals surface area contributed by atoms with Gasteiger partial charge < -0.3 is 0 Å². The van der Waals surface area contributed by atoms with Crippen molar-refractivity contribution in [3.63, 3.8) is 0 Å². The summed E-state index contributed by atoms with van der Waals surface area (Å²) in [6.45, 7) is 2.01. The van der Waals surface area contributed by atoms with Gasteiger partial charge in [0.15, 0.2) is 0 Å². The molecule has 0 aliphatic carbocycles. The predicted molar refractivity (Wildman–Crippen MR) is 101 cm³/mol. The smallest absolute Gasteiger partial charge is 0.207 e. The average molecular weight is 328 g/mol. The van der Waals surface area contributed by atoms with Crippen molar-refractivity contribution in [2.45, 2.75) is 6.92 Å². The van der Waals surface area contributed by atoms with Crippen molar-refractivity contribution in [1.82, 2.24) is 0 Å². The van der Waals surface area contributed by atoms with E-state index in [0.29, 0.717) is 0 Å². The minimum absolute atomic E-state index is 0.208. The summed E-state index contributed by atoms with van der Waals surface area (Å²) in [6.07, 6.45) is 0. The van der Waals surface area contributed by atoms with Crippen LogP contribution in [0.5, 0.6) is 0 Å². The van der Waals surface area contributed by atoms with E-state index in [2.05, 4.69) is 59.2 Å². The maximum absolute atomic E-state index is 13.7. The van der Waals surface area contributed by atoms with Crippen LogP contribution in [0, 0.1) is 12.7 Å². The molecule has 0 aliphatic heterocycles. The van der Waals surface area contributed by atoms with Crippen LogP contribution in [0.15, 0.2) is 78.9 Å². The Hall–Kier alpha value is -3.00. The van der Waals surface area contributed by atoms with Gasteiger partial charge in [-0.2, -0.15) is 4.57 Å². The second kappa shape index (κ2) is 6.14. The number of aromatic nitrogens is 1. The Balaban J connectivity index is 1.88. The van der Waals surface area contributed by atoms with Gasteiger partial charge in [-0.3, -0.25) is 0 Å². The van der Waals surface area contributed by atoms with Crippen LogP contribution in [0.1, 0.15) is 5.56 Å². The van der Waals surface area contributed by atoms with E-state index >= 15 is 0 Å². The number of rotatable bonds is 2. The number of aryl methyl sites for hydroxylation is 2. The van der Waals surface area contributed by atoms with Crippen molar-refractivity contribution in [3.05, 3.63) is 90.2 Å². The number of benzene rings is 3. The molecule has 1 heterocycles. The summed E-state index contributed by atoms with van der Waals surface area (Å²) in [6, 6.07) is 26.0. The third-order valence-corrected chi connectivity index (χ3v) is 4.75. The standard InChI is InChI=1S/C23H19FN/c1-16-8-11-20(24)15-21(16)23-13-10-19-14-18(9-12-22(19)25(23)2)17-6-4-3-5-7-17/h3-15H,1-2H3/q+1. The zero-order chi connectivity index (χ0) is 17.4. The van der Waals surface area contributed by atoms with Crippen LogP contribution in [-0.2, 0) is 7.05 Å². The molecule has 0 saturated carbocycles. The van der Waals surface area contributed by atoms with Crippen molar-refractivity contribution in [2.24, 2.45) is 7.05 Å². The van der Waals surface area contributed by atoms with Crippen LogP contribution in [0.4, 0.5) is 4.39 Å². The third kappa shape index (κ3) is 2.80. The highest BCUT2D eigenvalue weighted by atomic mass is 19.1. The summed E-state index contributed by atoms with van der Waals surface area (Å²) < 4.78 is 15.8. The Labute approximate surface area is 147 Å². The van der Waals surface area contributed by atoms with Gasteiger partial charge in [-0.15, -0.1) is 0 Å². The average Bonchev–Trinajstić information content (AvgIpc) is 2.65. The van der Waals surface area contributed by atoms with Gasteiger partial charge in [0.25, 0.3) is 0 Å². The molecule has 122 valence electrons. The number of nitrogens with zero attached hydrogens (tertiary/aromatic N) is 1. The first-order valence-corrected chi connectivity index (χ1v) is 8.38. The lowest BCUT2D eigenvalue weighted by Gasteiger charge is -2.08. The predicted octanol–water partition coefficient (Wildman–Crippen LogP) is 5.45. The maximum Gasteiger partial charge on any atom is 0.213 e. The first kappa shape index (κ1) is 15.5. The van der Waals surface area contributed by atoms with Crippen molar-refractivity contribution in [1.29, 1.82) is 0 Å². The Bertz CT molecular complexity index is 1070. The minimum atomic E-state index is -0.208. The molecule has 0 bridgehead atoms. The molecule has 0 spiro atoms. The zero-order valence-electron chi connectivity index (χ0n) is 14.3. The second-order valence-electron chi connectivity index (χ2n) is 6.38. The molecule has 4 aromatic rings. The fraction of sp³-hybridized carbons (Fsp3) is 0.0870. The summed E-state index contributed by atoms with van der Waals surface area (Å²) in [7, 11) is 2.03. The highest BCUT2D eigenvalue weighted by Crippen LogP contribution is 2.26. The molecule has 3 aromatic carbocycles. The highest BCUT2D eigenvalue weighted by Gasteiger charge is 2.16. The molecule has 0 amide bonds. The van der Waals surface area contributed by atoms with Gasteiger partial charge in [0.2, 0.25) is 11.2 Å². The van der Waals surface area contributed by atoms with Crippen molar-refractivity contribution >= 4 is 10.9 Å². The van der Waals surface area contributed by atoms with E-state index in [-0.39, 0.29) is 5.82 Å². The summed E-state index contributed by atoms with van der Waals surface area (Å²) >= 11 is 0. The largest absolute Gasteiger partial charge is 0.213 e. The quantitative estimate of drug-likeness (QED) is 0.431. The van der Waals surface area contributed by atoms with E-state index in [1.807, 2.05) is 26.1 Å². The van der Waals surface area contributed by atoms with E-state index in [0.717, 1.165) is 22.3 Å². The second-order valence-corrected chi connectivity index (χ2v) is 6.38. The number of fused-ring (bicyclic) bond motifs is 1. The van der Waals surface area contributed by atoms with Crippen LogP contribution in [0.25, 0.3) is 33.3 Å². The zero-order valence-corrected chi connectivity index (χ0v) is 14.3. The summed E-state index contributed by atoms with van der Waals surface area (Å²) in [5, 5.41) is 1.17. The Morgan fingerprint density at radius 3 is 2.36 bits per heavy atom. The van der Waals surface area contributed by atoms with Gasteiger partial charge in [0.1, 0.15) is 12.9 Å². The van der Waals surface area contributed by atoms with Crippen LogP contribution >= 0.6 is 0 Å². The summed E-state index contributed by atoms with van der Waals surface area (Å²) in [4.78, 5) is 0. The van der Waals surface area contributed by atoms with E-state index < -0.39 is 0 Å². The summed E-state index contributed by atoms with van der Waals surface area (Å²) in [5.41, 5.74) is 6.53. The summed E-state index contributed by atoms with van der Waals surface area (Å²) in [5.74, 6) is -0.208. The Kier molecular flexibility index (Phi) is 3.81. The lowest BCUT2D eigenvalue weighted by atomic mass is 10.0. The fourth-order valence-corrected chi connectivity index (χ4v) is 3.35. The van der Waals surface area contributed by atoms with Gasteiger partial charge in [-0.05, 0) is 53.9 Å². The normalized spacial score (nSPS) is 11.0. The monoisotopic (exact) mass is 328 g/mol. The van der Waals surface area contributed by atoms with Crippen LogP contribution in [0.3, 0.4) is 0 Å². The first-order valence-electron chi connectivity index (χ1n) is 8.38. The van der Waals surface area contributed by atoms with Gasteiger partial charge in [0.05, 0.1) is 5.56 Å². The maximum atomic E-state index is 13.7. The molecular weight excluding hydrogens is 309 g/mol. The molecule has 2 heteroatoms. The van der Waals surface area contributed by atoms with E-state index in [9.17, 15) is 4.39 Å². The lowest BCUT2D eigenvalue weighted by Crippen LogP contribution is -2.32. The molecule has 1 aromatic heterocycles. The van der Waals surface area contributed by atoms with Gasteiger partial charge in [-0.25, -0.2) is 4.39 Å². The highest BCUT2D eigenvalue weighted by molar-refractivity contribution is 5.83. The molecule has 0 unspecified atom stereocenters. The van der Waals surface area contributed by atoms with E-state index in [4.69, 9.17) is 0 Å². The van der Waals surface area contributed by atoms with Crippen molar-refractivity contribution in [2.75, 3.05) is 0 Å². The molecule has 0 atom stereocenters. The van der Waals surface area contributed by atoms with Gasteiger partial charge in [-0.1, -0.05) is 36.4 Å². The molecule has 4 rings (SSSR count). The fourth-order valence-electron chi connectivity index (χ4n) is 3.35. The van der Waals surface area contributed by atoms with Crippen LogP contribution in [-0.4, -0.2) is 0 Å². The first-order chi connectivity index (χ1) is 12.1. The number of pyridine rings is 1. The van der Waals surface area contributed by atoms with Crippen LogP contribution in [0.2, 0.25) is 0 Å². The van der Waals surface area contributed by atoms with Crippen LogP contribution < -0.4 is 4.57 Å². The Morgan fingerprint density at radius 2 is 1.56 bits per heavy atom. The van der Waals surface area contributed by atoms with E-state index in [1.54, 1.807) is 6.07 Å². The number of hydrogen-bond acceptors (Lipinski definition) is 0. The minimum Gasteiger partial charge on any atom is -0.207 e. The molecular formula is C23H19FN+. The molecule has 0 fully saturated rings. The van der Waals surface area contributed by atoms with Gasteiger partial charge in [0, 0.05) is 17.5 Å². The molecule has 0 N–H and O–H groups in total. The van der Waals surface area contributed by atoms with E-state index in [1.165, 1.54) is 22.6 Å². The molecule has 1 nitrogen and oxygen atoms in total. The number of hydrogen-bond donors (Lipinski definition) is 0. The molecule has 0 radical (unpaired) electrons. The van der Waals surface area contributed by atoms with Crippen molar-refractivity contribution < 1.29 is 8.96 Å². The molecule has 0 aliphatic rings. The van der Waals surface area contributed by atoms with Gasteiger partial charge >= 0.3 is 0 Å².